The van der Waals surface area contributed by atoms with E-state index in [1.807, 2.05) is 0 Å². The molecule has 3 heteroatoms. The van der Waals surface area contributed by atoms with Crippen LogP contribution in [0.2, 0.25) is 0 Å². The summed E-state index contributed by atoms with van der Waals surface area (Å²) >= 11 is 0. The molecule has 0 aromatic rings. The van der Waals surface area contributed by atoms with E-state index in [2.05, 4.69) is 51.9 Å². The predicted octanol–water partition coefficient (Wildman–Crippen LogP) is 2.90. The monoisotopic (exact) mass is 270 g/mol. The molecule has 1 heterocycles. The van der Waals surface area contributed by atoms with Crippen LogP contribution in [0, 0.1) is 5.41 Å². The van der Waals surface area contributed by atoms with Crippen molar-refractivity contribution in [2.45, 2.75) is 65.5 Å². The topological polar surface area (TPSA) is 24.5 Å². The van der Waals surface area contributed by atoms with Gasteiger partial charge in [-0.05, 0) is 47.6 Å². The molecule has 2 unspecified atom stereocenters. The third-order valence-corrected chi connectivity index (χ3v) is 4.22. The molecule has 1 fully saturated rings. The van der Waals surface area contributed by atoms with E-state index in [1.165, 1.54) is 19.3 Å². The fourth-order valence-electron chi connectivity index (χ4n) is 2.75. The molecule has 3 nitrogen and oxygen atoms in total. The molecule has 2 atom stereocenters. The quantitative estimate of drug-likeness (QED) is 0.770. The van der Waals surface area contributed by atoms with Gasteiger partial charge in [-0.2, -0.15) is 0 Å². The van der Waals surface area contributed by atoms with Crippen LogP contribution in [0.1, 0.15) is 53.9 Å². The Hall–Kier alpha value is -0.120. The molecular formula is C16H34N2O. The predicted molar refractivity (Wildman–Crippen MR) is 82.6 cm³/mol. The summed E-state index contributed by atoms with van der Waals surface area (Å²) in [6.45, 7) is 15.3. The van der Waals surface area contributed by atoms with E-state index in [4.69, 9.17) is 4.74 Å². The van der Waals surface area contributed by atoms with Crippen LogP contribution in [-0.4, -0.2) is 49.8 Å². The van der Waals surface area contributed by atoms with E-state index in [0.717, 1.165) is 26.3 Å². The zero-order valence-corrected chi connectivity index (χ0v) is 13.9. The summed E-state index contributed by atoms with van der Waals surface area (Å²) in [5.41, 5.74) is 0.479. The van der Waals surface area contributed by atoms with Gasteiger partial charge in [-0.25, -0.2) is 0 Å². The van der Waals surface area contributed by atoms with Crippen LogP contribution in [0.4, 0.5) is 0 Å². The number of hydrogen-bond donors (Lipinski definition) is 1. The highest BCUT2D eigenvalue weighted by Crippen LogP contribution is 2.30. The van der Waals surface area contributed by atoms with Crippen LogP contribution in [0.3, 0.4) is 0 Å². The van der Waals surface area contributed by atoms with Gasteiger partial charge in [0.2, 0.25) is 0 Å². The van der Waals surface area contributed by atoms with E-state index < -0.39 is 0 Å². The van der Waals surface area contributed by atoms with E-state index >= 15 is 0 Å². The molecule has 0 aliphatic carbocycles. The first-order valence-electron chi connectivity index (χ1n) is 7.81. The molecule has 0 aromatic heterocycles. The molecule has 0 bridgehead atoms. The highest BCUT2D eigenvalue weighted by atomic mass is 16.5. The SMILES string of the molecule is CCCC(C)N(C)CC1(CNC(C)(C)C)CCOC1. The van der Waals surface area contributed by atoms with Gasteiger partial charge in [0.15, 0.2) is 0 Å². The molecule has 1 rings (SSSR count). The van der Waals surface area contributed by atoms with Crippen molar-refractivity contribution in [1.29, 1.82) is 0 Å². The first-order chi connectivity index (χ1) is 8.78. The lowest BCUT2D eigenvalue weighted by Gasteiger charge is -2.37. The van der Waals surface area contributed by atoms with Gasteiger partial charge >= 0.3 is 0 Å². The minimum atomic E-state index is 0.184. The van der Waals surface area contributed by atoms with Crippen molar-refractivity contribution in [3.8, 4) is 0 Å². The zero-order valence-electron chi connectivity index (χ0n) is 13.9. The van der Waals surface area contributed by atoms with Crippen LogP contribution < -0.4 is 5.32 Å². The molecule has 1 aliphatic heterocycles. The van der Waals surface area contributed by atoms with Crippen molar-refractivity contribution < 1.29 is 4.74 Å². The van der Waals surface area contributed by atoms with Crippen LogP contribution in [0.5, 0.6) is 0 Å². The Bertz CT molecular complexity index is 254. The summed E-state index contributed by atoms with van der Waals surface area (Å²) < 4.78 is 5.70. The maximum atomic E-state index is 5.70. The van der Waals surface area contributed by atoms with Gasteiger partial charge in [0.05, 0.1) is 6.61 Å². The second-order valence-corrected chi connectivity index (χ2v) is 7.46. The molecular weight excluding hydrogens is 236 g/mol. The Balaban J connectivity index is 2.56. The Morgan fingerprint density at radius 1 is 1.37 bits per heavy atom. The molecule has 0 saturated carbocycles. The number of hydrogen-bond acceptors (Lipinski definition) is 3. The number of nitrogens with zero attached hydrogens (tertiary/aromatic N) is 1. The van der Waals surface area contributed by atoms with Gasteiger partial charge in [0, 0.05) is 36.7 Å². The summed E-state index contributed by atoms with van der Waals surface area (Å²) in [5, 5.41) is 3.67. The van der Waals surface area contributed by atoms with E-state index in [0.29, 0.717) is 11.5 Å². The molecule has 19 heavy (non-hydrogen) atoms. The van der Waals surface area contributed by atoms with Crippen LogP contribution in [0.15, 0.2) is 0 Å². The fourth-order valence-corrected chi connectivity index (χ4v) is 2.75. The summed E-state index contributed by atoms with van der Waals surface area (Å²) in [6.07, 6.45) is 3.72. The minimum Gasteiger partial charge on any atom is -0.381 e. The van der Waals surface area contributed by atoms with Gasteiger partial charge in [0.25, 0.3) is 0 Å². The standard InChI is InChI=1S/C16H34N2O/c1-7-8-14(2)18(6)12-16(9-10-19-13-16)11-17-15(3,4)5/h14,17H,7-13H2,1-6H3. The average Bonchev–Trinajstić information content (AvgIpc) is 2.75. The average molecular weight is 270 g/mol. The highest BCUT2D eigenvalue weighted by molar-refractivity contribution is 4.90. The molecule has 0 radical (unpaired) electrons. The molecule has 0 aromatic carbocycles. The maximum Gasteiger partial charge on any atom is 0.0547 e. The van der Waals surface area contributed by atoms with Crippen molar-refractivity contribution in [2.75, 3.05) is 33.4 Å². The number of ether oxygens (including phenoxy) is 1. The normalized spacial score (nSPS) is 26.1. The van der Waals surface area contributed by atoms with Gasteiger partial charge in [-0.15, -0.1) is 0 Å². The highest BCUT2D eigenvalue weighted by Gasteiger charge is 2.37. The van der Waals surface area contributed by atoms with Crippen molar-refractivity contribution in [3.63, 3.8) is 0 Å². The van der Waals surface area contributed by atoms with Crippen molar-refractivity contribution >= 4 is 0 Å². The smallest absolute Gasteiger partial charge is 0.0547 e. The molecule has 1 aliphatic rings. The van der Waals surface area contributed by atoms with Crippen molar-refractivity contribution in [3.05, 3.63) is 0 Å². The third-order valence-electron chi connectivity index (χ3n) is 4.22. The molecule has 1 saturated heterocycles. The summed E-state index contributed by atoms with van der Waals surface area (Å²) in [7, 11) is 2.26. The van der Waals surface area contributed by atoms with Gasteiger partial charge in [-0.3, -0.25) is 0 Å². The first-order valence-corrected chi connectivity index (χ1v) is 7.81. The van der Waals surface area contributed by atoms with Crippen LogP contribution in [-0.2, 0) is 4.74 Å². The molecule has 114 valence electrons. The maximum absolute atomic E-state index is 5.70. The van der Waals surface area contributed by atoms with Gasteiger partial charge < -0.3 is 15.0 Å². The van der Waals surface area contributed by atoms with E-state index in [-0.39, 0.29) is 5.54 Å². The Morgan fingerprint density at radius 3 is 2.53 bits per heavy atom. The fraction of sp³-hybridized carbons (Fsp3) is 1.00. The van der Waals surface area contributed by atoms with Gasteiger partial charge in [-0.1, -0.05) is 13.3 Å². The van der Waals surface area contributed by atoms with Crippen LogP contribution in [0.25, 0.3) is 0 Å². The van der Waals surface area contributed by atoms with Gasteiger partial charge in [0.1, 0.15) is 0 Å². The lowest BCUT2D eigenvalue weighted by molar-refractivity contribution is 0.0967. The lowest BCUT2D eigenvalue weighted by atomic mass is 9.85. The van der Waals surface area contributed by atoms with Crippen LogP contribution >= 0.6 is 0 Å². The number of nitrogens with one attached hydrogen (secondary N) is 1. The third kappa shape index (κ3) is 5.80. The molecule has 0 amide bonds. The van der Waals surface area contributed by atoms with Crippen molar-refractivity contribution in [2.24, 2.45) is 5.41 Å². The molecule has 0 spiro atoms. The largest absolute Gasteiger partial charge is 0.381 e. The van der Waals surface area contributed by atoms with Crippen molar-refractivity contribution in [1.82, 2.24) is 10.2 Å². The summed E-state index contributed by atoms with van der Waals surface area (Å²) in [4.78, 5) is 2.52. The number of rotatable bonds is 7. The Labute approximate surface area is 120 Å². The first kappa shape index (κ1) is 16.9. The Kier molecular flexibility index (Phi) is 6.28. The second-order valence-electron chi connectivity index (χ2n) is 7.46. The molecule has 1 N–H and O–H groups in total. The van der Waals surface area contributed by atoms with E-state index in [9.17, 15) is 0 Å². The minimum absolute atomic E-state index is 0.184. The second kappa shape index (κ2) is 7.05. The van der Waals surface area contributed by atoms with E-state index in [1.54, 1.807) is 0 Å². The Morgan fingerprint density at radius 2 is 2.05 bits per heavy atom. The lowest BCUT2D eigenvalue weighted by Crippen LogP contribution is -2.50. The summed E-state index contributed by atoms with van der Waals surface area (Å²) in [5.74, 6) is 0. The zero-order chi connectivity index (χ0) is 14.5. The summed E-state index contributed by atoms with van der Waals surface area (Å²) in [6, 6.07) is 0.664.